The maximum absolute atomic E-state index is 12.7. The van der Waals surface area contributed by atoms with Crippen LogP contribution in [0.2, 0.25) is 0 Å². The van der Waals surface area contributed by atoms with Crippen molar-refractivity contribution in [2.45, 2.75) is 6.42 Å². The lowest BCUT2D eigenvalue weighted by Crippen LogP contribution is -2.04. The van der Waals surface area contributed by atoms with Crippen LogP contribution in [0, 0.1) is 0 Å². The lowest BCUT2D eigenvalue weighted by atomic mass is 10.0. The summed E-state index contributed by atoms with van der Waals surface area (Å²) in [4.78, 5) is 26.3. The number of nitrogens with one attached hydrogen (secondary N) is 2. The third-order valence-electron chi connectivity index (χ3n) is 5.83. The maximum atomic E-state index is 12.7. The second kappa shape index (κ2) is 9.52. The van der Waals surface area contributed by atoms with Crippen LogP contribution in [0.4, 0.5) is 11.5 Å². The highest BCUT2D eigenvalue weighted by atomic mass is 32.1. The van der Waals surface area contributed by atoms with Crippen LogP contribution in [0.25, 0.3) is 32.7 Å². The highest BCUT2D eigenvalue weighted by molar-refractivity contribution is 7.17. The molecule has 0 saturated heterocycles. The highest BCUT2D eigenvalue weighted by Crippen LogP contribution is 2.32. The number of anilines is 2. The van der Waals surface area contributed by atoms with Gasteiger partial charge >= 0.3 is 0 Å². The van der Waals surface area contributed by atoms with E-state index in [0.29, 0.717) is 17.8 Å². The zero-order valence-electron chi connectivity index (χ0n) is 19.1. The molecule has 0 fully saturated rings. The van der Waals surface area contributed by atoms with Crippen LogP contribution in [-0.2, 0) is 6.42 Å². The van der Waals surface area contributed by atoms with Crippen molar-refractivity contribution in [3.8, 4) is 22.5 Å². The first kappa shape index (κ1) is 21.8. The van der Waals surface area contributed by atoms with Gasteiger partial charge in [-0.15, -0.1) is 11.3 Å². The Morgan fingerprint density at radius 1 is 0.917 bits per heavy atom. The van der Waals surface area contributed by atoms with E-state index in [-0.39, 0.29) is 5.78 Å². The quantitative estimate of drug-likeness (QED) is 0.256. The van der Waals surface area contributed by atoms with Crippen molar-refractivity contribution in [2.24, 2.45) is 0 Å². The Balaban J connectivity index is 1.29. The van der Waals surface area contributed by atoms with Crippen LogP contribution in [-0.4, -0.2) is 30.9 Å². The van der Waals surface area contributed by atoms with Gasteiger partial charge in [0.05, 0.1) is 16.4 Å². The summed E-state index contributed by atoms with van der Waals surface area (Å²) in [7, 11) is 0. The molecule has 0 spiro atoms. The van der Waals surface area contributed by atoms with E-state index in [0.717, 1.165) is 44.0 Å². The van der Waals surface area contributed by atoms with Crippen molar-refractivity contribution < 1.29 is 4.79 Å². The number of H-pyrrole nitrogens is 1. The number of pyridine rings is 1. The van der Waals surface area contributed by atoms with E-state index in [2.05, 4.69) is 20.5 Å². The third kappa shape index (κ3) is 4.49. The molecular formula is C28H20N6OS. The number of thiophene rings is 1. The molecule has 8 heteroatoms. The molecular weight excluding hydrogens is 468 g/mol. The number of benzene rings is 2. The van der Waals surface area contributed by atoms with E-state index >= 15 is 0 Å². The molecule has 0 unspecified atom stereocenters. The van der Waals surface area contributed by atoms with E-state index < -0.39 is 0 Å². The molecule has 6 rings (SSSR count). The van der Waals surface area contributed by atoms with Gasteiger partial charge in [-0.05, 0) is 52.9 Å². The average Bonchev–Trinajstić information content (AvgIpc) is 3.63. The van der Waals surface area contributed by atoms with Crippen LogP contribution in [0.15, 0.2) is 96.9 Å². The molecule has 4 heterocycles. The minimum atomic E-state index is 0.0463. The monoisotopic (exact) mass is 488 g/mol. The van der Waals surface area contributed by atoms with Crippen molar-refractivity contribution in [1.82, 2.24) is 25.1 Å². The largest absolute Gasteiger partial charge is 0.339 e. The molecule has 0 aliphatic carbocycles. The van der Waals surface area contributed by atoms with Gasteiger partial charge in [0.1, 0.15) is 0 Å². The Morgan fingerprint density at radius 2 is 1.78 bits per heavy atom. The van der Waals surface area contributed by atoms with Gasteiger partial charge in [0.15, 0.2) is 17.4 Å². The van der Waals surface area contributed by atoms with E-state index in [9.17, 15) is 4.79 Å². The van der Waals surface area contributed by atoms with Crippen molar-refractivity contribution in [3.05, 3.63) is 108 Å². The van der Waals surface area contributed by atoms with Crippen LogP contribution < -0.4 is 5.32 Å². The van der Waals surface area contributed by atoms with Gasteiger partial charge in [-0.2, -0.15) is 5.10 Å². The standard InChI is InChI=1S/C28H20N6OS/c35-25(20-8-11-29-12-9-20)15-18-2-1-3-21(14-18)27-33-24-10-13-36-26(24)28(34-27)32-23-6-4-19(5-7-23)22-16-30-31-17-22/h1-14,16-17H,15H2,(H,30,31)(H,32,33,34). The van der Waals surface area contributed by atoms with Gasteiger partial charge in [0.2, 0.25) is 0 Å². The fourth-order valence-corrected chi connectivity index (χ4v) is 4.79. The number of hydrogen-bond donors (Lipinski definition) is 2. The molecule has 6 aromatic rings. The molecule has 0 aliphatic rings. The SMILES string of the molecule is O=C(Cc1cccc(-c2nc(Nc3ccc(-c4cn[nH]c4)cc3)c3sccc3n2)c1)c1ccncc1. The number of aromatic nitrogens is 5. The van der Waals surface area contributed by atoms with E-state index in [1.54, 1.807) is 42.1 Å². The summed E-state index contributed by atoms with van der Waals surface area (Å²) in [5.74, 6) is 1.40. The summed E-state index contributed by atoms with van der Waals surface area (Å²) >= 11 is 1.60. The number of hydrogen-bond acceptors (Lipinski definition) is 7. The third-order valence-corrected chi connectivity index (χ3v) is 6.75. The first-order valence-corrected chi connectivity index (χ1v) is 12.2. The molecule has 36 heavy (non-hydrogen) atoms. The molecule has 0 saturated carbocycles. The predicted octanol–water partition coefficient (Wildman–Crippen LogP) is 6.31. The predicted molar refractivity (Wildman–Crippen MR) is 142 cm³/mol. The van der Waals surface area contributed by atoms with Gasteiger partial charge in [-0.3, -0.25) is 14.9 Å². The molecule has 4 aromatic heterocycles. The second-order valence-corrected chi connectivity index (χ2v) is 9.17. The first-order chi connectivity index (χ1) is 17.7. The minimum Gasteiger partial charge on any atom is -0.339 e. The summed E-state index contributed by atoms with van der Waals surface area (Å²) in [5, 5.41) is 12.3. The van der Waals surface area contributed by atoms with Crippen molar-refractivity contribution in [1.29, 1.82) is 0 Å². The summed E-state index contributed by atoms with van der Waals surface area (Å²) < 4.78 is 0.988. The number of ketones is 1. The Bertz CT molecular complexity index is 1640. The summed E-state index contributed by atoms with van der Waals surface area (Å²) in [6.07, 6.45) is 7.23. The van der Waals surface area contributed by atoms with E-state index in [1.165, 1.54) is 0 Å². The van der Waals surface area contributed by atoms with Crippen molar-refractivity contribution in [3.63, 3.8) is 0 Å². The summed E-state index contributed by atoms with van der Waals surface area (Å²) in [6.45, 7) is 0. The molecule has 0 radical (unpaired) electrons. The zero-order chi connectivity index (χ0) is 24.3. The van der Waals surface area contributed by atoms with Gasteiger partial charge in [-0.25, -0.2) is 9.97 Å². The smallest absolute Gasteiger partial charge is 0.167 e. The number of carbonyl (C=O) groups is 1. The normalized spacial score (nSPS) is 11.0. The van der Waals surface area contributed by atoms with Crippen LogP contribution in [0.1, 0.15) is 15.9 Å². The number of Topliss-reactive ketones (excluding diaryl/α,β-unsaturated/α-hetero) is 1. The Morgan fingerprint density at radius 3 is 2.58 bits per heavy atom. The van der Waals surface area contributed by atoms with Crippen LogP contribution in [0.5, 0.6) is 0 Å². The van der Waals surface area contributed by atoms with Crippen molar-refractivity contribution >= 4 is 38.8 Å². The molecule has 2 aromatic carbocycles. The fourth-order valence-electron chi connectivity index (χ4n) is 4.01. The molecule has 0 atom stereocenters. The fraction of sp³-hybridized carbons (Fsp3) is 0.0357. The lowest BCUT2D eigenvalue weighted by molar-refractivity contribution is 0.0993. The Hall–Kier alpha value is -4.69. The number of nitrogens with zero attached hydrogens (tertiary/aromatic N) is 4. The molecule has 0 bridgehead atoms. The number of rotatable bonds is 7. The Kier molecular flexibility index (Phi) is 5.77. The zero-order valence-corrected chi connectivity index (χ0v) is 19.9. The minimum absolute atomic E-state index is 0.0463. The Labute approximate surface area is 210 Å². The van der Waals surface area contributed by atoms with Gasteiger partial charge in [-0.1, -0.05) is 30.3 Å². The number of fused-ring (bicyclic) bond motifs is 1. The molecule has 2 N–H and O–H groups in total. The molecule has 7 nitrogen and oxygen atoms in total. The second-order valence-electron chi connectivity index (χ2n) is 8.26. The first-order valence-electron chi connectivity index (χ1n) is 11.4. The molecule has 174 valence electrons. The summed E-state index contributed by atoms with van der Waals surface area (Å²) in [5.41, 5.74) is 6.34. The van der Waals surface area contributed by atoms with Gasteiger partial charge in [0, 0.05) is 47.4 Å². The molecule has 0 amide bonds. The molecule has 0 aliphatic heterocycles. The number of aromatic amines is 1. The maximum Gasteiger partial charge on any atom is 0.167 e. The van der Waals surface area contributed by atoms with E-state index in [4.69, 9.17) is 9.97 Å². The van der Waals surface area contributed by atoms with Crippen LogP contribution >= 0.6 is 11.3 Å². The van der Waals surface area contributed by atoms with Gasteiger partial charge in [0.25, 0.3) is 0 Å². The van der Waals surface area contributed by atoms with Gasteiger partial charge < -0.3 is 5.32 Å². The van der Waals surface area contributed by atoms with Crippen molar-refractivity contribution in [2.75, 3.05) is 5.32 Å². The highest BCUT2D eigenvalue weighted by Gasteiger charge is 2.13. The topological polar surface area (TPSA) is 96.5 Å². The number of carbonyl (C=O) groups excluding carboxylic acids is 1. The van der Waals surface area contributed by atoms with Crippen LogP contribution in [0.3, 0.4) is 0 Å². The summed E-state index contributed by atoms with van der Waals surface area (Å²) in [6, 6.07) is 21.4. The lowest BCUT2D eigenvalue weighted by Gasteiger charge is -2.10. The average molecular weight is 489 g/mol. The van der Waals surface area contributed by atoms with E-state index in [1.807, 2.05) is 66.2 Å².